The number of morpholine rings is 1. The van der Waals surface area contributed by atoms with Crippen molar-refractivity contribution in [3.63, 3.8) is 0 Å². The maximum absolute atomic E-state index is 12.1. The van der Waals surface area contributed by atoms with Crippen LogP contribution in [0.15, 0.2) is 18.3 Å². The highest BCUT2D eigenvalue weighted by molar-refractivity contribution is 5.94. The van der Waals surface area contributed by atoms with E-state index in [2.05, 4.69) is 20.4 Å². The number of hydrogen-bond donors (Lipinski definition) is 1. The van der Waals surface area contributed by atoms with Crippen LogP contribution in [-0.4, -0.2) is 64.8 Å². The Morgan fingerprint density at radius 3 is 3.00 bits per heavy atom. The monoisotopic (exact) mass is 289 g/mol. The standard InChI is InChI=1S/C14H19N5O2/c1-11-16-17-13-10-12(2-4-19(11)13)14(20)15-3-5-18-6-8-21-9-7-18/h2,4,10H,3,5-9H2,1H3,(H,15,20). The molecule has 1 amide bonds. The van der Waals surface area contributed by atoms with Gasteiger partial charge in [-0.1, -0.05) is 0 Å². The number of hydrogen-bond acceptors (Lipinski definition) is 5. The Labute approximate surface area is 122 Å². The molecule has 1 saturated heterocycles. The van der Waals surface area contributed by atoms with Crippen molar-refractivity contribution in [3.05, 3.63) is 29.7 Å². The largest absolute Gasteiger partial charge is 0.379 e. The first-order chi connectivity index (χ1) is 10.2. The van der Waals surface area contributed by atoms with E-state index in [0.29, 0.717) is 17.8 Å². The topological polar surface area (TPSA) is 71.8 Å². The summed E-state index contributed by atoms with van der Waals surface area (Å²) in [5, 5.41) is 10.9. The van der Waals surface area contributed by atoms with Crippen molar-refractivity contribution in [2.24, 2.45) is 0 Å². The molecule has 3 rings (SSSR count). The smallest absolute Gasteiger partial charge is 0.251 e. The zero-order chi connectivity index (χ0) is 14.7. The van der Waals surface area contributed by atoms with Crippen molar-refractivity contribution in [1.82, 2.24) is 24.8 Å². The van der Waals surface area contributed by atoms with Crippen molar-refractivity contribution < 1.29 is 9.53 Å². The number of carbonyl (C=O) groups excluding carboxylic acids is 1. The number of ether oxygens (including phenoxy) is 1. The maximum Gasteiger partial charge on any atom is 0.251 e. The molecule has 112 valence electrons. The first-order valence-electron chi connectivity index (χ1n) is 7.14. The second kappa shape index (κ2) is 6.19. The van der Waals surface area contributed by atoms with E-state index in [-0.39, 0.29) is 5.91 Å². The molecular weight excluding hydrogens is 270 g/mol. The molecule has 0 aliphatic carbocycles. The predicted octanol–water partition coefficient (Wildman–Crippen LogP) is 0.0997. The molecule has 0 bridgehead atoms. The van der Waals surface area contributed by atoms with Gasteiger partial charge in [0.15, 0.2) is 5.65 Å². The fourth-order valence-corrected chi connectivity index (χ4v) is 2.41. The molecule has 1 aliphatic rings. The average molecular weight is 289 g/mol. The van der Waals surface area contributed by atoms with Crippen molar-refractivity contribution in [3.8, 4) is 0 Å². The summed E-state index contributed by atoms with van der Waals surface area (Å²) in [4.78, 5) is 14.4. The Kier molecular flexibility index (Phi) is 4.12. The molecule has 2 aromatic rings. The van der Waals surface area contributed by atoms with Crippen LogP contribution in [-0.2, 0) is 4.74 Å². The second-order valence-electron chi connectivity index (χ2n) is 5.10. The van der Waals surface area contributed by atoms with E-state index in [0.717, 1.165) is 38.7 Å². The number of fused-ring (bicyclic) bond motifs is 1. The minimum Gasteiger partial charge on any atom is -0.379 e. The van der Waals surface area contributed by atoms with Crippen LogP contribution in [0.2, 0.25) is 0 Å². The van der Waals surface area contributed by atoms with E-state index in [1.807, 2.05) is 17.5 Å². The number of pyridine rings is 1. The molecule has 0 radical (unpaired) electrons. The van der Waals surface area contributed by atoms with E-state index in [9.17, 15) is 4.79 Å². The molecule has 0 saturated carbocycles. The van der Waals surface area contributed by atoms with Crippen LogP contribution in [0.5, 0.6) is 0 Å². The van der Waals surface area contributed by atoms with Crippen LogP contribution in [0.1, 0.15) is 16.2 Å². The van der Waals surface area contributed by atoms with Gasteiger partial charge in [0.1, 0.15) is 5.82 Å². The lowest BCUT2D eigenvalue weighted by Gasteiger charge is -2.26. The third-order valence-corrected chi connectivity index (χ3v) is 3.66. The Bertz CT molecular complexity index is 633. The van der Waals surface area contributed by atoms with E-state index in [4.69, 9.17) is 4.74 Å². The Balaban J connectivity index is 1.56. The molecule has 2 aromatic heterocycles. The van der Waals surface area contributed by atoms with E-state index in [1.165, 1.54) is 0 Å². The second-order valence-corrected chi connectivity index (χ2v) is 5.10. The number of carbonyl (C=O) groups is 1. The number of rotatable bonds is 4. The van der Waals surface area contributed by atoms with E-state index >= 15 is 0 Å². The summed E-state index contributed by atoms with van der Waals surface area (Å²) < 4.78 is 7.15. The highest BCUT2D eigenvalue weighted by atomic mass is 16.5. The SMILES string of the molecule is Cc1nnc2cc(C(=O)NCCN3CCOCC3)ccn12. The van der Waals surface area contributed by atoms with Crippen LogP contribution in [0, 0.1) is 6.92 Å². The highest BCUT2D eigenvalue weighted by Crippen LogP contribution is 2.06. The average Bonchev–Trinajstić information content (AvgIpc) is 2.89. The lowest BCUT2D eigenvalue weighted by atomic mass is 10.2. The third kappa shape index (κ3) is 3.20. The summed E-state index contributed by atoms with van der Waals surface area (Å²) >= 11 is 0. The van der Waals surface area contributed by atoms with Gasteiger partial charge in [0.25, 0.3) is 5.91 Å². The Morgan fingerprint density at radius 1 is 1.38 bits per heavy atom. The van der Waals surface area contributed by atoms with Gasteiger partial charge in [-0.2, -0.15) is 0 Å². The number of nitrogens with zero attached hydrogens (tertiary/aromatic N) is 4. The summed E-state index contributed by atoms with van der Waals surface area (Å²) in [5.74, 6) is 0.732. The van der Waals surface area contributed by atoms with Gasteiger partial charge in [0.2, 0.25) is 0 Å². The number of aromatic nitrogens is 3. The van der Waals surface area contributed by atoms with Crippen molar-refractivity contribution >= 4 is 11.6 Å². The molecule has 1 fully saturated rings. The van der Waals surface area contributed by atoms with Gasteiger partial charge < -0.3 is 10.1 Å². The molecule has 0 aromatic carbocycles. The predicted molar refractivity (Wildman–Crippen MR) is 77.3 cm³/mol. The molecule has 0 spiro atoms. The van der Waals surface area contributed by atoms with Gasteiger partial charge in [-0.25, -0.2) is 0 Å². The van der Waals surface area contributed by atoms with E-state index in [1.54, 1.807) is 12.1 Å². The van der Waals surface area contributed by atoms with Gasteiger partial charge in [-0.15, -0.1) is 10.2 Å². The van der Waals surface area contributed by atoms with Crippen LogP contribution in [0.4, 0.5) is 0 Å². The summed E-state index contributed by atoms with van der Waals surface area (Å²) in [5.41, 5.74) is 1.30. The summed E-state index contributed by atoms with van der Waals surface area (Å²) in [6.45, 7) is 6.77. The summed E-state index contributed by atoms with van der Waals surface area (Å²) in [7, 11) is 0. The van der Waals surface area contributed by atoms with Gasteiger partial charge in [-0.3, -0.25) is 14.1 Å². The summed E-state index contributed by atoms with van der Waals surface area (Å²) in [6.07, 6.45) is 1.82. The fraction of sp³-hybridized carbons (Fsp3) is 0.500. The quantitative estimate of drug-likeness (QED) is 0.864. The van der Waals surface area contributed by atoms with Crippen molar-refractivity contribution in [1.29, 1.82) is 0 Å². The molecule has 7 nitrogen and oxygen atoms in total. The van der Waals surface area contributed by atoms with E-state index < -0.39 is 0 Å². The third-order valence-electron chi connectivity index (χ3n) is 3.66. The Morgan fingerprint density at radius 2 is 2.19 bits per heavy atom. The van der Waals surface area contributed by atoms with Gasteiger partial charge >= 0.3 is 0 Å². The fourth-order valence-electron chi connectivity index (χ4n) is 2.41. The highest BCUT2D eigenvalue weighted by Gasteiger charge is 2.11. The molecule has 1 N–H and O–H groups in total. The molecule has 3 heterocycles. The summed E-state index contributed by atoms with van der Waals surface area (Å²) in [6, 6.07) is 3.54. The van der Waals surface area contributed by atoms with Crippen LogP contribution < -0.4 is 5.32 Å². The first-order valence-corrected chi connectivity index (χ1v) is 7.14. The van der Waals surface area contributed by atoms with Crippen molar-refractivity contribution in [2.45, 2.75) is 6.92 Å². The van der Waals surface area contributed by atoms with Gasteiger partial charge in [0, 0.05) is 37.9 Å². The zero-order valence-corrected chi connectivity index (χ0v) is 12.1. The minimum absolute atomic E-state index is 0.0774. The first kappa shape index (κ1) is 14.0. The minimum atomic E-state index is -0.0774. The lowest BCUT2D eigenvalue weighted by molar-refractivity contribution is 0.0383. The molecule has 21 heavy (non-hydrogen) atoms. The lowest BCUT2D eigenvalue weighted by Crippen LogP contribution is -2.41. The Hall–Kier alpha value is -1.99. The molecule has 0 unspecified atom stereocenters. The number of amides is 1. The van der Waals surface area contributed by atoms with Gasteiger partial charge in [-0.05, 0) is 19.1 Å². The molecule has 1 aliphatic heterocycles. The molecule has 7 heteroatoms. The van der Waals surface area contributed by atoms with Crippen LogP contribution in [0.25, 0.3) is 5.65 Å². The molecular formula is C14H19N5O2. The van der Waals surface area contributed by atoms with Gasteiger partial charge in [0.05, 0.1) is 13.2 Å². The number of aryl methyl sites for hydroxylation is 1. The van der Waals surface area contributed by atoms with Crippen molar-refractivity contribution in [2.75, 3.05) is 39.4 Å². The normalized spacial score (nSPS) is 16.2. The zero-order valence-electron chi connectivity index (χ0n) is 12.1. The van der Waals surface area contributed by atoms with Crippen LogP contribution >= 0.6 is 0 Å². The van der Waals surface area contributed by atoms with Crippen LogP contribution in [0.3, 0.4) is 0 Å². The number of nitrogens with one attached hydrogen (secondary N) is 1. The molecule has 0 atom stereocenters. The maximum atomic E-state index is 12.1.